The fourth-order valence-electron chi connectivity index (χ4n) is 4.30. The predicted molar refractivity (Wildman–Crippen MR) is 124 cm³/mol. The van der Waals surface area contributed by atoms with Gasteiger partial charge in [0, 0.05) is 24.5 Å². The molecule has 0 radical (unpaired) electrons. The number of furan rings is 1. The van der Waals surface area contributed by atoms with Crippen LogP contribution in [0.4, 0.5) is 11.4 Å². The van der Waals surface area contributed by atoms with Crippen molar-refractivity contribution >= 4 is 11.4 Å². The molecule has 31 heavy (non-hydrogen) atoms. The van der Waals surface area contributed by atoms with Gasteiger partial charge in [0.25, 0.3) is 0 Å². The van der Waals surface area contributed by atoms with E-state index in [0.29, 0.717) is 19.8 Å². The monoisotopic (exact) mass is 420 g/mol. The van der Waals surface area contributed by atoms with Crippen LogP contribution in [-0.2, 0) is 24.2 Å². The summed E-state index contributed by atoms with van der Waals surface area (Å²) in [4.78, 5) is 4.64. The Labute approximate surface area is 184 Å². The number of aliphatic hydroxyl groups excluding tert-OH is 1. The highest BCUT2D eigenvalue weighted by Crippen LogP contribution is 2.35. The molecular weight excluding hydrogens is 388 g/mol. The molecule has 1 aromatic heterocycles. The van der Waals surface area contributed by atoms with Crippen LogP contribution in [0.5, 0.6) is 0 Å². The molecule has 1 aliphatic rings. The minimum absolute atomic E-state index is 0.303. The third kappa shape index (κ3) is 5.76. The van der Waals surface area contributed by atoms with Gasteiger partial charge in [0.2, 0.25) is 0 Å². The number of nitrogens with zero attached hydrogens (tertiary/aromatic N) is 2. The third-order valence-corrected chi connectivity index (χ3v) is 5.81. The predicted octanol–water partition coefficient (Wildman–Crippen LogP) is 4.42. The molecule has 5 heteroatoms. The molecule has 0 aliphatic carbocycles. The number of fused-ring (bicyclic) bond motifs is 2. The molecule has 0 amide bonds. The van der Waals surface area contributed by atoms with Crippen LogP contribution in [0.2, 0.25) is 0 Å². The zero-order valence-corrected chi connectivity index (χ0v) is 18.2. The minimum Gasteiger partial charge on any atom is -0.467 e. The van der Waals surface area contributed by atoms with E-state index < -0.39 is 6.10 Å². The maximum atomic E-state index is 10.3. The van der Waals surface area contributed by atoms with Gasteiger partial charge in [0.1, 0.15) is 12.4 Å². The Morgan fingerprint density at radius 3 is 2.32 bits per heavy atom. The van der Waals surface area contributed by atoms with Crippen molar-refractivity contribution in [3.05, 3.63) is 83.8 Å². The van der Waals surface area contributed by atoms with Crippen molar-refractivity contribution in [1.29, 1.82) is 0 Å². The first-order valence-corrected chi connectivity index (χ1v) is 11.1. The molecule has 1 atom stereocenters. The molecule has 1 aliphatic heterocycles. The first-order valence-electron chi connectivity index (χ1n) is 11.1. The fourth-order valence-corrected chi connectivity index (χ4v) is 4.30. The van der Waals surface area contributed by atoms with E-state index in [1.807, 2.05) is 12.1 Å². The van der Waals surface area contributed by atoms with Crippen LogP contribution < -0.4 is 4.90 Å². The molecule has 3 aromatic rings. The van der Waals surface area contributed by atoms with Crippen LogP contribution in [0.15, 0.2) is 71.3 Å². The lowest BCUT2D eigenvalue weighted by atomic mass is 10.0. The van der Waals surface area contributed by atoms with Crippen LogP contribution in [-0.4, -0.2) is 49.4 Å². The second-order valence-corrected chi connectivity index (χ2v) is 8.27. The number of hydrogen-bond acceptors (Lipinski definition) is 5. The summed E-state index contributed by atoms with van der Waals surface area (Å²) in [7, 11) is 2.06. The van der Waals surface area contributed by atoms with E-state index in [2.05, 4.69) is 65.4 Å². The van der Waals surface area contributed by atoms with E-state index >= 15 is 0 Å². The normalized spacial score (nSPS) is 14.2. The number of likely N-dealkylation sites (N-methyl/N-ethyl adjacent to an activating group) is 1. The van der Waals surface area contributed by atoms with Gasteiger partial charge >= 0.3 is 0 Å². The summed E-state index contributed by atoms with van der Waals surface area (Å²) in [6, 6.07) is 21.2. The van der Waals surface area contributed by atoms with Crippen molar-refractivity contribution in [2.45, 2.75) is 32.0 Å². The average molecular weight is 421 g/mol. The number of benzene rings is 2. The maximum Gasteiger partial charge on any atom is 0.129 e. The molecule has 0 bridgehead atoms. The van der Waals surface area contributed by atoms with Crippen LogP contribution in [0, 0.1) is 0 Å². The lowest BCUT2D eigenvalue weighted by Gasteiger charge is -2.28. The third-order valence-electron chi connectivity index (χ3n) is 5.81. The molecular formula is C26H32N2O3. The molecule has 2 aromatic carbocycles. The Morgan fingerprint density at radius 1 is 1.00 bits per heavy atom. The molecule has 1 N–H and O–H groups in total. The number of para-hydroxylation sites is 2. The van der Waals surface area contributed by atoms with Crippen molar-refractivity contribution in [1.82, 2.24) is 4.90 Å². The Morgan fingerprint density at radius 2 is 1.68 bits per heavy atom. The topological polar surface area (TPSA) is 49.1 Å². The fraction of sp³-hybridized carbons (Fsp3) is 0.385. The Kier molecular flexibility index (Phi) is 7.41. The number of anilines is 2. The van der Waals surface area contributed by atoms with E-state index in [9.17, 15) is 5.11 Å². The molecule has 4 rings (SSSR count). The first-order chi connectivity index (χ1) is 15.2. The maximum absolute atomic E-state index is 10.3. The SMILES string of the molecule is CN(CCCN1c2ccccc2CCc2ccccc21)CC(O)COCc1ccco1. The quantitative estimate of drug-likeness (QED) is 0.526. The van der Waals surface area contributed by atoms with Gasteiger partial charge in [-0.3, -0.25) is 0 Å². The Balaban J connectivity index is 1.29. The molecule has 0 saturated heterocycles. The second-order valence-electron chi connectivity index (χ2n) is 8.27. The zero-order chi connectivity index (χ0) is 21.5. The van der Waals surface area contributed by atoms with Gasteiger partial charge in [-0.25, -0.2) is 0 Å². The first kappa shape index (κ1) is 21.6. The van der Waals surface area contributed by atoms with Crippen LogP contribution in [0.3, 0.4) is 0 Å². The van der Waals surface area contributed by atoms with Gasteiger partial charge < -0.3 is 24.1 Å². The molecule has 2 heterocycles. The average Bonchev–Trinajstić information content (AvgIpc) is 3.24. The molecule has 164 valence electrons. The van der Waals surface area contributed by atoms with Crippen molar-refractivity contribution < 1.29 is 14.3 Å². The summed E-state index contributed by atoms with van der Waals surface area (Å²) < 4.78 is 10.8. The minimum atomic E-state index is -0.514. The van der Waals surface area contributed by atoms with Crippen molar-refractivity contribution in [2.24, 2.45) is 0 Å². The highest BCUT2D eigenvalue weighted by atomic mass is 16.5. The van der Waals surface area contributed by atoms with Crippen LogP contribution in [0.25, 0.3) is 0 Å². The second kappa shape index (κ2) is 10.6. The summed E-state index contributed by atoms with van der Waals surface area (Å²) in [6.07, 6.45) is 4.28. The molecule has 5 nitrogen and oxygen atoms in total. The van der Waals surface area contributed by atoms with E-state index in [1.54, 1.807) is 6.26 Å². The highest BCUT2D eigenvalue weighted by Gasteiger charge is 2.20. The van der Waals surface area contributed by atoms with Gasteiger partial charge in [-0.05, 0) is 68.2 Å². The Hall–Kier alpha value is -2.60. The van der Waals surface area contributed by atoms with E-state index in [0.717, 1.165) is 38.1 Å². The summed E-state index contributed by atoms with van der Waals surface area (Å²) >= 11 is 0. The smallest absolute Gasteiger partial charge is 0.129 e. The number of rotatable bonds is 10. The number of aliphatic hydroxyl groups is 1. The molecule has 0 fully saturated rings. The van der Waals surface area contributed by atoms with Gasteiger partial charge in [0.05, 0.1) is 19.0 Å². The van der Waals surface area contributed by atoms with E-state index in [1.165, 1.54) is 22.5 Å². The lowest BCUT2D eigenvalue weighted by molar-refractivity contribution is 0.00860. The summed E-state index contributed by atoms with van der Waals surface area (Å²) in [5, 5.41) is 10.3. The zero-order valence-electron chi connectivity index (χ0n) is 18.2. The number of ether oxygens (including phenoxy) is 1. The van der Waals surface area contributed by atoms with Gasteiger partial charge in [-0.15, -0.1) is 0 Å². The number of hydrogen-bond donors (Lipinski definition) is 1. The summed E-state index contributed by atoms with van der Waals surface area (Å²) in [5.74, 6) is 0.776. The van der Waals surface area contributed by atoms with E-state index in [-0.39, 0.29) is 0 Å². The summed E-state index contributed by atoms with van der Waals surface area (Å²) in [6.45, 7) is 3.14. The van der Waals surface area contributed by atoms with Crippen molar-refractivity contribution in [2.75, 3.05) is 38.2 Å². The largest absolute Gasteiger partial charge is 0.467 e. The van der Waals surface area contributed by atoms with Gasteiger partial charge in [0.15, 0.2) is 0 Å². The highest BCUT2D eigenvalue weighted by molar-refractivity contribution is 5.71. The van der Waals surface area contributed by atoms with Crippen molar-refractivity contribution in [3.63, 3.8) is 0 Å². The van der Waals surface area contributed by atoms with Gasteiger partial charge in [-0.1, -0.05) is 36.4 Å². The molecule has 1 unspecified atom stereocenters. The Bertz CT molecular complexity index is 894. The standard InChI is InChI=1S/C26H32N2O3/c1-27(18-23(29)19-30-20-24-10-6-17-31-24)15-7-16-28-25-11-4-2-8-21(25)13-14-22-9-3-5-12-26(22)28/h2-6,8-12,17,23,29H,7,13-16,18-20H2,1H3. The molecule has 0 spiro atoms. The molecule has 0 saturated carbocycles. The lowest BCUT2D eigenvalue weighted by Crippen LogP contribution is -2.34. The van der Waals surface area contributed by atoms with Crippen molar-refractivity contribution in [3.8, 4) is 0 Å². The van der Waals surface area contributed by atoms with Crippen LogP contribution >= 0.6 is 0 Å². The summed E-state index contributed by atoms with van der Waals surface area (Å²) in [5.41, 5.74) is 5.47. The van der Waals surface area contributed by atoms with Crippen LogP contribution in [0.1, 0.15) is 23.3 Å². The number of aryl methyl sites for hydroxylation is 2. The van der Waals surface area contributed by atoms with Gasteiger partial charge in [-0.2, -0.15) is 0 Å². The van der Waals surface area contributed by atoms with E-state index in [4.69, 9.17) is 9.15 Å².